The number of carbonyl (C=O) groups is 1. The van der Waals surface area contributed by atoms with Crippen LogP contribution in [0.3, 0.4) is 0 Å². The van der Waals surface area contributed by atoms with Crippen LogP contribution in [0, 0.1) is 12.8 Å². The number of carbonyl (C=O) groups excluding carboxylic acids is 1. The Hall–Kier alpha value is -1.87. The molecular weight excluding hydrogens is 424 g/mol. The van der Waals surface area contributed by atoms with Gasteiger partial charge in [-0.2, -0.15) is 0 Å². The molecule has 0 amide bonds. The first-order valence-corrected chi connectivity index (χ1v) is 11.6. The van der Waals surface area contributed by atoms with Crippen LogP contribution in [0.1, 0.15) is 68.6 Å². The first-order valence-electron chi connectivity index (χ1n) is 10.8. The van der Waals surface area contributed by atoms with Crippen LogP contribution in [-0.2, 0) is 16.1 Å². The smallest absolute Gasteiger partial charge is 0.309 e. The second kappa shape index (κ2) is 10.8. The number of allylic oxidation sites excluding steroid dienone is 2. The first-order chi connectivity index (χ1) is 14.1. The maximum absolute atomic E-state index is 12.7. The summed E-state index contributed by atoms with van der Waals surface area (Å²) >= 11 is 3.69. The van der Waals surface area contributed by atoms with E-state index in [1.807, 2.05) is 30.3 Å². The van der Waals surface area contributed by atoms with E-state index in [-0.39, 0.29) is 11.9 Å². The summed E-state index contributed by atoms with van der Waals surface area (Å²) in [7, 11) is 0. The van der Waals surface area contributed by atoms with Gasteiger partial charge in [0.2, 0.25) is 0 Å². The fraction of sp³-hybridized carbons (Fsp3) is 0.423. The molecule has 29 heavy (non-hydrogen) atoms. The summed E-state index contributed by atoms with van der Waals surface area (Å²) in [5.41, 5.74) is 6.75. The van der Waals surface area contributed by atoms with Gasteiger partial charge in [0.25, 0.3) is 0 Å². The zero-order valence-electron chi connectivity index (χ0n) is 17.5. The van der Waals surface area contributed by atoms with Crippen LogP contribution >= 0.6 is 15.9 Å². The molecule has 0 fully saturated rings. The molecule has 2 aromatic rings. The molecular formula is C26H31BrO2. The third kappa shape index (κ3) is 5.82. The van der Waals surface area contributed by atoms with E-state index in [1.165, 1.54) is 26.7 Å². The van der Waals surface area contributed by atoms with E-state index < -0.39 is 0 Å². The average molecular weight is 455 g/mol. The number of ether oxygens (including phenoxy) is 1. The maximum atomic E-state index is 12.7. The predicted molar refractivity (Wildman–Crippen MR) is 124 cm³/mol. The van der Waals surface area contributed by atoms with Gasteiger partial charge in [0.15, 0.2) is 0 Å². The van der Waals surface area contributed by atoms with Gasteiger partial charge in [0.1, 0.15) is 6.61 Å². The molecule has 154 valence electrons. The van der Waals surface area contributed by atoms with Crippen molar-refractivity contribution in [2.24, 2.45) is 5.92 Å². The zero-order valence-corrected chi connectivity index (χ0v) is 19.1. The average Bonchev–Trinajstić information content (AvgIpc) is 2.72. The lowest BCUT2D eigenvalue weighted by molar-refractivity contribution is -0.150. The van der Waals surface area contributed by atoms with E-state index in [4.69, 9.17) is 4.74 Å². The molecule has 1 aliphatic rings. The van der Waals surface area contributed by atoms with E-state index in [1.54, 1.807) is 0 Å². The highest BCUT2D eigenvalue weighted by molar-refractivity contribution is 9.10. The van der Waals surface area contributed by atoms with Gasteiger partial charge < -0.3 is 4.74 Å². The highest BCUT2D eigenvalue weighted by Crippen LogP contribution is 2.37. The van der Waals surface area contributed by atoms with Crippen LogP contribution in [0.2, 0.25) is 0 Å². The van der Waals surface area contributed by atoms with Crippen molar-refractivity contribution in [1.29, 1.82) is 0 Å². The molecule has 0 saturated carbocycles. The Balaban J connectivity index is 1.72. The third-order valence-corrected chi connectivity index (χ3v) is 6.76. The normalized spacial score (nSPS) is 20.0. The number of halogens is 1. The van der Waals surface area contributed by atoms with Crippen molar-refractivity contribution in [1.82, 2.24) is 0 Å². The van der Waals surface area contributed by atoms with Crippen molar-refractivity contribution in [3.05, 3.63) is 75.3 Å². The summed E-state index contributed by atoms with van der Waals surface area (Å²) in [5, 5.41) is 0. The molecule has 0 radical (unpaired) electrons. The molecule has 0 aliphatic heterocycles. The molecule has 0 N–H and O–H groups in total. The van der Waals surface area contributed by atoms with Gasteiger partial charge in [-0.1, -0.05) is 77.3 Å². The molecule has 0 heterocycles. The summed E-state index contributed by atoms with van der Waals surface area (Å²) in [6.07, 6.45) is 7.08. The molecule has 1 aliphatic carbocycles. The lowest BCUT2D eigenvalue weighted by Crippen LogP contribution is -2.19. The minimum atomic E-state index is -0.0354. The van der Waals surface area contributed by atoms with E-state index in [0.717, 1.165) is 50.5 Å². The van der Waals surface area contributed by atoms with Crippen LogP contribution < -0.4 is 0 Å². The Morgan fingerprint density at radius 1 is 1.07 bits per heavy atom. The molecule has 2 aromatic carbocycles. The van der Waals surface area contributed by atoms with E-state index >= 15 is 0 Å². The van der Waals surface area contributed by atoms with Gasteiger partial charge in [-0.05, 0) is 73.8 Å². The molecule has 0 spiro atoms. The van der Waals surface area contributed by atoms with Crippen molar-refractivity contribution in [2.75, 3.05) is 0 Å². The zero-order chi connectivity index (χ0) is 20.6. The molecule has 3 heteroatoms. The molecule has 0 aromatic heterocycles. The predicted octanol–water partition coefficient (Wildman–Crippen LogP) is 7.63. The maximum Gasteiger partial charge on any atom is 0.309 e. The van der Waals surface area contributed by atoms with E-state index in [0.29, 0.717) is 6.61 Å². The topological polar surface area (TPSA) is 26.3 Å². The van der Waals surface area contributed by atoms with Gasteiger partial charge in [0.05, 0.1) is 5.92 Å². The second-order valence-electron chi connectivity index (χ2n) is 7.97. The Kier molecular flexibility index (Phi) is 8.11. The highest BCUT2D eigenvalue weighted by atomic mass is 79.9. The summed E-state index contributed by atoms with van der Waals surface area (Å²) in [6.45, 7) is 4.80. The monoisotopic (exact) mass is 454 g/mol. The van der Waals surface area contributed by atoms with Crippen LogP contribution in [0.15, 0.2) is 58.6 Å². The van der Waals surface area contributed by atoms with Gasteiger partial charge in [-0.25, -0.2) is 0 Å². The van der Waals surface area contributed by atoms with Crippen LogP contribution in [0.25, 0.3) is 5.57 Å². The van der Waals surface area contributed by atoms with Crippen LogP contribution in [-0.4, -0.2) is 5.97 Å². The minimum absolute atomic E-state index is 0.00993. The van der Waals surface area contributed by atoms with Crippen molar-refractivity contribution in [3.8, 4) is 0 Å². The standard InChI is InChI=1S/C26H31BrO2/c1-3-9-21-16-17-22(26(28)29-18-20-10-5-4-6-11-20)12-7-14-24(21)23-13-8-15-25(27)19(23)2/h4-6,8,10-11,13,15,22H,3,7,9,12,14,16-18H2,1-2H3/b24-21+. The van der Waals surface area contributed by atoms with Crippen molar-refractivity contribution in [3.63, 3.8) is 0 Å². The lowest BCUT2D eigenvalue weighted by atomic mass is 9.82. The summed E-state index contributed by atoms with van der Waals surface area (Å²) in [4.78, 5) is 12.7. The van der Waals surface area contributed by atoms with E-state index in [9.17, 15) is 4.79 Å². The largest absolute Gasteiger partial charge is 0.461 e. The third-order valence-electron chi connectivity index (χ3n) is 5.90. The summed E-state index contributed by atoms with van der Waals surface area (Å²) in [5.74, 6) is -0.0255. The Morgan fingerprint density at radius 2 is 1.86 bits per heavy atom. The Labute approximate surface area is 183 Å². The van der Waals surface area contributed by atoms with Gasteiger partial charge >= 0.3 is 5.97 Å². The summed E-state index contributed by atoms with van der Waals surface area (Å²) in [6, 6.07) is 16.4. The molecule has 1 unspecified atom stereocenters. The van der Waals surface area contributed by atoms with Crippen molar-refractivity contribution in [2.45, 2.75) is 65.4 Å². The van der Waals surface area contributed by atoms with Crippen molar-refractivity contribution < 1.29 is 9.53 Å². The van der Waals surface area contributed by atoms with Crippen molar-refractivity contribution >= 4 is 27.5 Å². The SMILES string of the molecule is CCC/C1=C(\c2cccc(Br)c2C)CCCC(C(=O)OCc2ccccc2)CC1. The summed E-state index contributed by atoms with van der Waals surface area (Å²) < 4.78 is 6.81. The minimum Gasteiger partial charge on any atom is -0.461 e. The number of rotatable bonds is 6. The van der Waals surface area contributed by atoms with Gasteiger partial charge in [-0.15, -0.1) is 0 Å². The number of esters is 1. The molecule has 1 atom stereocenters. The number of benzene rings is 2. The van der Waals surface area contributed by atoms with Crippen LogP contribution in [0.5, 0.6) is 0 Å². The fourth-order valence-corrected chi connectivity index (χ4v) is 4.63. The van der Waals surface area contributed by atoms with Gasteiger partial charge in [-0.3, -0.25) is 4.79 Å². The highest BCUT2D eigenvalue weighted by Gasteiger charge is 2.24. The quantitative estimate of drug-likeness (QED) is 0.419. The first kappa shape index (κ1) is 21.8. The molecule has 0 bridgehead atoms. The lowest BCUT2D eigenvalue weighted by Gasteiger charge is -2.24. The second-order valence-corrected chi connectivity index (χ2v) is 8.82. The Bertz CT molecular complexity index is 854. The fourth-order valence-electron chi connectivity index (χ4n) is 4.27. The molecule has 2 nitrogen and oxygen atoms in total. The number of hydrogen-bond acceptors (Lipinski definition) is 2. The van der Waals surface area contributed by atoms with E-state index in [2.05, 4.69) is 48.0 Å². The molecule has 0 saturated heterocycles. The van der Waals surface area contributed by atoms with Gasteiger partial charge in [0, 0.05) is 4.47 Å². The van der Waals surface area contributed by atoms with Crippen LogP contribution in [0.4, 0.5) is 0 Å². The Morgan fingerprint density at radius 3 is 2.62 bits per heavy atom. The number of hydrogen-bond donors (Lipinski definition) is 0. The molecule has 3 rings (SSSR count).